The molecule has 0 amide bonds. The number of hydrogen-bond acceptors (Lipinski definition) is 4. The Balaban J connectivity index is 2.54. The predicted molar refractivity (Wildman–Crippen MR) is 87.0 cm³/mol. The van der Waals surface area contributed by atoms with Crippen LogP contribution in [0.3, 0.4) is 0 Å². The lowest BCUT2D eigenvalue weighted by Gasteiger charge is -2.16. The van der Waals surface area contributed by atoms with Crippen LogP contribution in [0.2, 0.25) is 0 Å². The molecule has 0 radical (unpaired) electrons. The fraction of sp³-hybridized carbons (Fsp3) is 0.412. The molecule has 4 nitrogen and oxygen atoms in total. The van der Waals surface area contributed by atoms with Crippen LogP contribution in [0, 0.1) is 6.92 Å². The van der Waals surface area contributed by atoms with Gasteiger partial charge in [0.05, 0.1) is 7.11 Å². The number of rotatable bonds is 5. The topological polar surface area (TPSA) is 47.0 Å². The highest BCUT2D eigenvalue weighted by Crippen LogP contribution is 2.29. The molecule has 0 saturated carbocycles. The molecular weight excluding hydrogens is 262 g/mol. The minimum Gasteiger partial charge on any atom is -0.497 e. The second-order valence-corrected chi connectivity index (χ2v) is 5.31. The molecule has 1 N–H and O–H groups in total. The summed E-state index contributed by atoms with van der Waals surface area (Å²) in [6.45, 7) is 9.29. The number of methoxy groups -OCH3 is 1. The van der Waals surface area contributed by atoms with Crippen LogP contribution in [0.25, 0.3) is 11.4 Å². The number of anilines is 1. The number of nitrogens with one attached hydrogen (secondary N) is 1. The zero-order chi connectivity index (χ0) is 15.4. The lowest BCUT2D eigenvalue weighted by atomic mass is 10.0. The highest BCUT2D eigenvalue weighted by molar-refractivity contribution is 5.62. The molecule has 2 rings (SSSR count). The number of ether oxygens (including phenoxy) is 1. The molecule has 0 spiro atoms. The third-order valence-electron chi connectivity index (χ3n) is 3.39. The van der Waals surface area contributed by atoms with Gasteiger partial charge < -0.3 is 10.1 Å². The lowest BCUT2D eigenvalue weighted by Crippen LogP contribution is -2.09. The van der Waals surface area contributed by atoms with Crippen molar-refractivity contribution in [3.05, 3.63) is 35.5 Å². The summed E-state index contributed by atoms with van der Waals surface area (Å²) in [6, 6.07) is 7.84. The van der Waals surface area contributed by atoms with Crippen LogP contribution in [0.1, 0.15) is 37.9 Å². The van der Waals surface area contributed by atoms with Gasteiger partial charge in [-0.25, -0.2) is 9.97 Å². The Bertz CT molecular complexity index is 623. The Morgan fingerprint density at radius 3 is 2.62 bits per heavy atom. The van der Waals surface area contributed by atoms with E-state index in [2.05, 4.69) is 31.1 Å². The second kappa shape index (κ2) is 6.57. The Morgan fingerprint density at radius 2 is 2.00 bits per heavy atom. The van der Waals surface area contributed by atoms with Crippen molar-refractivity contribution in [1.82, 2.24) is 9.97 Å². The first-order valence-electron chi connectivity index (χ1n) is 7.33. The van der Waals surface area contributed by atoms with Gasteiger partial charge in [0.25, 0.3) is 0 Å². The van der Waals surface area contributed by atoms with Crippen LogP contribution in [-0.2, 0) is 0 Å². The molecule has 0 atom stereocenters. The highest BCUT2D eigenvalue weighted by Gasteiger charge is 2.15. The molecule has 0 aliphatic carbocycles. The molecule has 1 aromatic heterocycles. The SMILES string of the molecule is CCNc1nc(-c2cccc(OC)c2)nc(C)c1C(C)C. The summed E-state index contributed by atoms with van der Waals surface area (Å²) in [5.74, 6) is 2.86. The Labute approximate surface area is 126 Å². The van der Waals surface area contributed by atoms with Crippen molar-refractivity contribution in [1.29, 1.82) is 0 Å². The average Bonchev–Trinajstić information content (AvgIpc) is 2.46. The molecule has 21 heavy (non-hydrogen) atoms. The molecule has 2 aromatic rings. The molecule has 0 aliphatic heterocycles. The van der Waals surface area contributed by atoms with Crippen molar-refractivity contribution in [3.63, 3.8) is 0 Å². The third-order valence-corrected chi connectivity index (χ3v) is 3.39. The van der Waals surface area contributed by atoms with E-state index in [1.54, 1.807) is 7.11 Å². The summed E-state index contributed by atoms with van der Waals surface area (Å²) in [4.78, 5) is 9.39. The van der Waals surface area contributed by atoms with E-state index in [1.807, 2.05) is 31.2 Å². The first-order chi connectivity index (χ1) is 10.1. The molecule has 0 fully saturated rings. The standard InChI is InChI=1S/C17H23N3O/c1-6-18-17-15(11(2)3)12(4)19-16(20-17)13-8-7-9-14(10-13)21-5/h7-11H,6H2,1-5H3,(H,18,19,20). The van der Waals surface area contributed by atoms with E-state index in [0.717, 1.165) is 35.2 Å². The molecule has 0 saturated heterocycles. The molecule has 112 valence electrons. The van der Waals surface area contributed by atoms with Crippen molar-refractivity contribution >= 4 is 5.82 Å². The maximum Gasteiger partial charge on any atom is 0.161 e. The average molecular weight is 285 g/mol. The molecule has 0 bridgehead atoms. The van der Waals surface area contributed by atoms with Crippen molar-refractivity contribution in [2.24, 2.45) is 0 Å². The van der Waals surface area contributed by atoms with Crippen molar-refractivity contribution < 1.29 is 4.74 Å². The summed E-state index contributed by atoms with van der Waals surface area (Å²) in [6.07, 6.45) is 0. The van der Waals surface area contributed by atoms with Crippen LogP contribution < -0.4 is 10.1 Å². The number of hydrogen-bond donors (Lipinski definition) is 1. The maximum atomic E-state index is 5.28. The summed E-state index contributed by atoms with van der Waals surface area (Å²) in [7, 11) is 1.66. The number of nitrogens with zero attached hydrogens (tertiary/aromatic N) is 2. The van der Waals surface area contributed by atoms with Crippen LogP contribution in [0.15, 0.2) is 24.3 Å². The van der Waals surface area contributed by atoms with E-state index in [4.69, 9.17) is 9.72 Å². The first-order valence-corrected chi connectivity index (χ1v) is 7.33. The number of benzene rings is 1. The van der Waals surface area contributed by atoms with Crippen LogP contribution in [0.4, 0.5) is 5.82 Å². The largest absolute Gasteiger partial charge is 0.497 e. The summed E-state index contributed by atoms with van der Waals surface area (Å²) < 4.78 is 5.28. The van der Waals surface area contributed by atoms with Gasteiger partial charge in [0, 0.05) is 23.4 Å². The molecular formula is C17H23N3O. The van der Waals surface area contributed by atoms with Gasteiger partial charge in [-0.3, -0.25) is 0 Å². The van der Waals surface area contributed by atoms with Gasteiger partial charge in [-0.1, -0.05) is 26.0 Å². The van der Waals surface area contributed by atoms with Crippen molar-refractivity contribution in [2.45, 2.75) is 33.6 Å². The van der Waals surface area contributed by atoms with E-state index in [0.29, 0.717) is 5.92 Å². The highest BCUT2D eigenvalue weighted by atomic mass is 16.5. The quantitative estimate of drug-likeness (QED) is 0.901. The Morgan fingerprint density at radius 1 is 1.24 bits per heavy atom. The minimum absolute atomic E-state index is 0.387. The molecule has 4 heteroatoms. The van der Waals surface area contributed by atoms with Crippen LogP contribution in [0.5, 0.6) is 5.75 Å². The van der Waals surface area contributed by atoms with E-state index < -0.39 is 0 Å². The van der Waals surface area contributed by atoms with Gasteiger partial charge >= 0.3 is 0 Å². The van der Waals surface area contributed by atoms with Gasteiger partial charge in [0.15, 0.2) is 5.82 Å². The monoisotopic (exact) mass is 285 g/mol. The summed E-state index contributed by atoms with van der Waals surface area (Å²) in [5, 5.41) is 3.35. The van der Waals surface area contributed by atoms with Gasteiger partial charge in [0.1, 0.15) is 11.6 Å². The molecule has 1 aromatic carbocycles. The van der Waals surface area contributed by atoms with E-state index in [9.17, 15) is 0 Å². The zero-order valence-electron chi connectivity index (χ0n) is 13.4. The Hall–Kier alpha value is -2.10. The molecule has 1 heterocycles. The second-order valence-electron chi connectivity index (χ2n) is 5.31. The lowest BCUT2D eigenvalue weighted by molar-refractivity contribution is 0.415. The fourth-order valence-electron chi connectivity index (χ4n) is 2.47. The summed E-state index contributed by atoms with van der Waals surface area (Å²) in [5.41, 5.74) is 3.17. The van der Waals surface area contributed by atoms with E-state index >= 15 is 0 Å². The van der Waals surface area contributed by atoms with Gasteiger partial charge in [0.2, 0.25) is 0 Å². The maximum absolute atomic E-state index is 5.28. The predicted octanol–water partition coefficient (Wildman–Crippen LogP) is 4.02. The van der Waals surface area contributed by atoms with Crippen LogP contribution in [-0.4, -0.2) is 23.6 Å². The van der Waals surface area contributed by atoms with Crippen LogP contribution >= 0.6 is 0 Å². The number of aromatic nitrogens is 2. The fourth-order valence-corrected chi connectivity index (χ4v) is 2.47. The van der Waals surface area contributed by atoms with Crippen molar-refractivity contribution in [2.75, 3.05) is 19.0 Å². The molecule has 0 aliphatic rings. The zero-order valence-corrected chi connectivity index (χ0v) is 13.4. The van der Waals surface area contributed by atoms with Gasteiger partial charge in [-0.05, 0) is 31.9 Å². The molecule has 0 unspecified atom stereocenters. The van der Waals surface area contributed by atoms with Gasteiger partial charge in [-0.15, -0.1) is 0 Å². The van der Waals surface area contributed by atoms with Gasteiger partial charge in [-0.2, -0.15) is 0 Å². The normalized spacial score (nSPS) is 10.8. The van der Waals surface area contributed by atoms with Crippen molar-refractivity contribution in [3.8, 4) is 17.1 Å². The van der Waals surface area contributed by atoms with E-state index in [1.165, 1.54) is 5.56 Å². The first kappa shape index (κ1) is 15.3. The smallest absolute Gasteiger partial charge is 0.161 e. The Kier molecular flexibility index (Phi) is 4.78. The third kappa shape index (κ3) is 3.32. The van der Waals surface area contributed by atoms with E-state index in [-0.39, 0.29) is 0 Å². The minimum atomic E-state index is 0.387. The summed E-state index contributed by atoms with van der Waals surface area (Å²) >= 11 is 0. The number of aryl methyl sites for hydroxylation is 1.